The lowest BCUT2D eigenvalue weighted by molar-refractivity contribution is -0.385. The first-order valence-electron chi connectivity index (χ1n) is 10.5. The monoisotopic (exact) mass is 628 g/mol. The van der Waals surface area contributed by atoms with Crippen molar-refractivity contribution in [2.45, 2.75) is 24.5 Å². The molecule has 3 heterocycles. The second-order valence-corrected chi connectivity index (χ2v) is 12.4. The number of nitro benzene ring substituents is 1. The van der Waals surface area contributed by atoms with Crippen molar-refractivity contribution in [2.75, 3.05) is 12.3 Å². The minimum absolute atomic E-state index is 0.0190. The largest absolute Gasteiger partial charge is 0.536 e. The van der Waals surface area contributed by atoms with E-state index >= 15 is 0 Å². The summed E-state index contributed by atoms with van der Waals surface area (Å²) >= 11 is 0. The SMILES string of the molecule is Nc1ncnc2c1ncn2[C@@H]1O[C@H](COP(=O)(O)OP(=O)(O)OP(=O)(O)Oc2ccccc2[N+](=O)[O-])[C@@H](O)[C@H]1O. The molecule has 1 aliphatic rings. The van der Waals surface area contributed by atoms with Crippen LogP contribution in [0.3, 0.4) is 0 Å². The van der Waals surface area contributed by atoms with E-state index in [1.807, 2.05) is 0 Å². The fourth-order valence-corrected chi connectivity index (χ4v) is 6.98. The number of fused-ring (bicyclic) bond motifs is 1. The molecule has 1 fully saturated rings. The van der Waals surface area contributed by atoms with E-state index in [1.165, 1.54) is 23.0 Å². The van der Waals surface area contributed by atoms with Crippen LogP contribution in [0.5, 0.6) is 5.75 Å². The number of imidazole rings is 1. The first-order chi connectivity index (χ1) is 18.6. The van der Waals surface area contributed by atoms with E-state index in [4.69, 9.17) is 10.5 Å². The minimum Gasteiger partial charge on any atom is -0.396 e. The highest BCUT2D eigenvalue weighted by Crippen LogP contribution is 2.67. The minimum atomic E-state index is -5.92. The van der Waals surface area contributed by atoms with Gasteiger partial charge in [0.15, 0.2) is 17.7 Å². The number of nitro groups is 1. The molecule has 1 aliphatic heterocycles. The van der Waals surface area contributed by atoms with Gasteiger partial charge in [0.1, 0.15) is 30.2 Å². The highest BCUT2D eigenvalue weighted by atomic mass is 31.3. The third-order valence-corrected chi connectivity index (χ3v) is 9.29. The number of ether oxygens (including phenoxy) is 1. The maximum Gasteiger partial charge on any atom is 0.536 e. The zero-order chi connectivity index (χ0) is 29.5. The topological polar surface area (TPSA) is 311 Å². The third-order valence-electron chi connectivity index (χ3n) is 5.09. The van der Waals surface area contributed by atoms with Crippen LogP contribution in [0.2, 0.25) is 0 Å². The number of aliphatic hydroxyl groups excluding tert-OH is 2. The van der Waals surface area contributed by atoms with Crippen LogP contribution in [0, 0.1) is 10.1 Å². The second kappa shape index (κ2) is 11.2. The molecular formula is C16H19N6O15P3. The number of nitrogens with two attached hydrogens (primary N) is 1. The third kappa shape index (κ3) is 6.69. The number of phosphoric ester groups is 2. The predicted octanol–water partition coefficient (Wildman–Crippen LogP) is 0.366. The summed E-state index contributed by atoms with van der Waals surface area (Å²) in [5, 5.41) is 31.7. The summed E-state index contributed by atoms with van der Waals surface area (Å²) in [6.07, 6.45) is -3.95. The number of aliphatic hydroxyl groups is 2. The number of para-hydroxylation sites is 2. The molecule has 0 aliphatic carbocycles. The van der Waals surface area contributed by atoms with Gasteiger partial charge in [0.05, 0.1) is 17.9 Å². The van der Waals surface area contributed by atoms with E-state index < -0.39 is 71.0 Å². The number of hydrogen-bond donors (Lipinski definition) is 6. The summed E-state index contributed by atoms with van der Waals surface area (Å²) in [5.41, 5.74) is 5.18. The van der Waals surface area contributed by atoms with Crippen molar-refractivity contribution in [3.63, 3.8) is 0 Å². The van der Waals surface area contributed by atoms with Crippen LogP contribution in [-0.4, -0.2) is 74.3 Å². The molecule has 4 rings (SSSR count). The summed E-state index contributed by atoms with van der Waals surface area (Å²) in [7, 11) is -17.2. The van der Waals surface area contributed by atoms with E-state index in [2.05, 4.69) is 32.6 Å². The molecule has 3 unspecified atom stereocenters. The fraction of sp³-hybridized carbons (Fsp3) is 0.312. The fourth-order valence-electron chi connectivity index (χ4n) is 3.45. The maximum atomic E-state index is 12.2. The maximum absolute atomic E-state index is 12.2. The highest BCUT2D eigenvalue weighted by molar-refractivity contribution is 7.67. The van der Waals surface area contributed by atoms with Crippen molar-refractivity contribution >= 4 is 46.1 Å². The highest BCUT2D eigenvalue weighted by Gasteiger charge is 2.47. The summed E-state index contributed by atoms with van der Waals surface area (Å²) in [6, 6.07) is 4.13. The zero-order valence-electron chi connectivity index (χ0n) is 19.5. The summed E-state index contributed by atoms with van der Waals surface area (Å²) in [5.74, 6) is -0.812. The molecule has 2 aromatic heterocycles. The summed E-state index contributed by atoms with van der Waals surface area (Å²) in [4.78, 5) is 51.0. The average molecular weight is 628 g/mol. The van der Waals surface area contributed by atoms with Crippen LogP contribution in [-0.2, 0) is 31.6 Å². The lowest BCUT2D eigenvalue weighted by Crippen LogP contribution is -2.33. The van der Waals surface area contributed by atoms with Crippen molar-refractivity contribution in [1.29, 1.82) is 0 Å². The normalized spacial score (nSPS) is 25.6. The van der Waals surface area contributed by atoms with E-state index in [0.717, 1.165) is 18.5 Å². The first-order valence-corrected chi connectivity index (χ1v) is 15.0. The second-order valence-electron chi connectivity index (χ2n) is 7.81. The number of nitrogens with zero attached hydrogens (tertiary/aromatic N) is 5. The molecule has 7 atom stereocenters. The number of anilines is 1. The lowest BCUT2D eigenvalue weighted by atomic mass is 10.1. The Bertz CT molecular complexity index is 1570. The Morgan fingerprint density at radius 1 is 1.02 bits per heavy atom. The summed E-state index contributed by atoms with van der Waals surface area (Å²) in [6.45, 7) is -1.02. The Balaban J connectivity index is 1.39. The number of nitrogen functional groups attached to an aromatic ring is 1. The van der Waals surface area contributed by atoms with Gasteiger partial charge in [-0.25, -0.2) is 28.6 Å². The van der Waals surface area contributed by atoms with Crippen LogP contribution in [0.25, 0.3) is 11.2 Å². The van der Waals surface area contributed by atoms with Gasteiger partial charge in [-0.05, 0) is 6.07 Å². The molecule has 40 heavy (non-hydrogen) atoms. The Morgan fingerprint density at radius 2 is 1.70 bits per heavy atom. The Hall–Kier alpha value is -2.90. The van der Waals surface area contributed by atoms with E-state index in [-0.39, 0.29) is 17.0 Å². The quantitative estimate of drug-likeness (QED) is 0.0948. The zero-order valence-corrected chi connectivity index (χ0v) is 22.1. The molecule has 0 saturated carbocycles. The summed E-state index contributed by atoms with van der Waals surface area (Å²) < 4.78 is 60.0. The predicted molar refractivity (Wildman–Crippen MR) is 127 cm³/mol. The van der Waals surface area contributed by atoms with Crippen LogP contribution in [0.4, 0.5) is 11.5 Å². The van der Waals surface area contributed by atoms with Gasteiger partial charge in [-0.1, -0.05) is 12.1 Å². The molecular weight excluding hydrogens is 609 g/mol. The Morgan fingerprint density at radius 3 is 2.40 bits per heavy atom. The van der Waals surface area contributed by atoms with Gasteiger partial charge in [0.25, 0.3) is 0 Å². The van der Waals surface area contributed by atoms with E-state index in [0.29, 0.717) is 0 Å². The number of benzene rings is 1. The van der Waals surface area contributed by atoms with Crippen molar-refractivity contribution in [3.05, 3.63) is 47.0 Å². The Kier molecular flexibility index (Phi) is 8.40. The standard InChI is InChI=1S/C16H19N6O15P3/c17-14-11-15(19-6-18-14)21(7-20-11)16-13(24)12(23)10(34-16)5-33-38(27,28)36-40(31,32)37-39(29,30)35-9-4-2-1-3-8(9)22(25)26/h1-4,6-7,10,12-13,16,23-24H,5H2,(H,27,28)(H,29,30)(H,31,32)(H2,17,18,19)/t10-,12-,13-,16-/m1/s1. The molecule has 21 nitrogen and oxygen atoms in total. The van der Waals surface area contributed by atoms with E-state index in [9.17, 15) is 48.7 Å². The average Bonchev–Trinajstić information content (AvgIpc) is 3.38. The lowest BCUT2D eigenvalue weighted by Gasteiger charge is -2.20. The smallest absolute Gasteiger partial charge is 0.396 e. The van der Waals surface area contributed by atoms with Gasteiger partial charge >= 0.3 is 29.2 Å². The van der Waals surface area contributed by atoms with Crippen molar-refractivity contribution < 1.29 is 65.9 Å². The van der Waals surface area contributed by atoms with Gasteiger partial charge in [-0.15, -0.1) is 0 Å². The molecule has 0 bridgehead atoms. The molecule has 0 amide bonds. The molecule has 0 radical (unpaired) electrons. The molecule has 0 spiro atoms. The van der Waals surface area contributed by atoms with Gasteiger partial charge in [0, 0.05) is 6.07 Å². The molecule has 7 N–H and O–H groups in total. The molecule has 1 aromatic carbocycles. The van der Waals surface area contributed by atoms with Gasteiger partial charge < -0.3 is 35.0 Å². The van der Waals surface area contributed by atoms with E-state index in [1.54, 1.807) is 0 Å². The van der Waals surface area contributed by atoms with Gasteiger partial charge in [-0.3, -0.25) is 24.1 Å². The van der Waals surface area contributed by atoms with Crippen molar-refractivity contribution in [2.24, 2.45) is 0 Å². The molecule has 218 valence electrons. The first kappa shape index (κ1) is 30.1. The Labute approximate surface area is 221 Å². The van der Waals surface area contributed by atoms with Gasteiger partial charge in [-0.2, -0.15) is 8.62 Å². The van der Waals surface area contributed by atoms with Crippen LogP contribution in [0.15, 0.2) is 36.9 Å². The van der Waals surface area contributed by atoms with Crippen LogP contribution in [0.1, 0.15) is 6.23 Å². The molecule has 24 heteroatoms. The van der Waals surface area contributed by atoms with Crippen molar-refractivity contribution in [1.82, 2.24) is 19.5 Å². The molecule has 1 saturated heterocycles. The number of hydrogen-bond acceptors (Lipinski definition) is 16. The number of phosphoric acid groups is 3. The van der Waals surface area contributed by atoms with Crippen LogP contribution >= 0.6 is 23.5 Å². The number of aromatic nitrogens is 4. The van der Waals surface area contributed by atoms with Crippen LogP contribution < -0.4 is 10.3 Å². The molecule has 3 aromatic rings. The number of rotatable bonds is 11. The van der Waals surface area contributed by atoms with Crippen molar-refractivity contribution in [3.8, 4) is 5.75 Å². The van der Waals surface area contributed by atoms with Gasteiger partial charge in [0.2, 0.25) is 5.75 Å².